The molecule has 0 aliphatic carbocycles. The third kappa shape index (κ3) is 3.98. The number of amides is 1. The maximum Gasteiger partial charge on any atom is 0.247 e. The van der Waals surface area contributed by atoms with Gasteiger partial charge in [-0.15, -0.1) is 0 Å². The standard InChI is InChI=1S/C13H18F2N2O3S/c1-8(2)7-13(3,12(16)18)17-21(19,20)11-9(14)5-4-6-10(11)15/h4-6,8,17H,7H2,1-3H3,(H2,16,18)/t13-/m0/s1. The lowest BCUT2D eigenvalue weighted by Gasteiger charge is -2.28. The van der Waals surface area contributed by atoms with Crippen LogP contribution >= 0.6 is 0 Å². The number of rotatable bonds is 6. The predicted octanol–water partition coefficient (Wildman–Crippen LogP) is 1.53. The van der Waals surface area contributed by atoms with Crippen LogP contribution in [0.15, 0.2) is 23.1 Å². The monoisotopic (exact) mass is 320 g/mol. The van der Waals surface area contributed by atoms with E-state index in [9.17, 15) is 22.0 Å². The van der Waals surface area contributed by atoms with Gasteiger partial charge in [0.25, 0.3) is 0 Å². The highest BCUT2D eigenvalue weighted by Crippen LogP contribution is 2.23. The summed E-state index contributed by atoms with van der Waals surface area (Å²) in [6.45, 7) is 4.81. The topological polar surface area (TPSA) is 89.3 Å². The molecule has 0 unspecified atom stereocenters. The molecule has 0 aliphatic heterocycles. The van der Waals surface area contributed by atoms with Crippen molar-refractivity contribution in [1.29, 1.82) is 0 Å². The maximum atomic E-state index is 13.6. The lowest BCUT2D eigenvalue weighted by molar-refractivity contribution is -0.123. The zero-order valence-electron chi connectivity index (χ0n) is 12.0. The van der Waals surface area contributed by atoms with Crippen LogP contribution < -0.4 is 10.5 Å². The van der Waals surface area contributed by atoms with Crippen molar-refractivity contribution in [3.05, 3.63) is 29.8 Å². The van der Waals surface area contributed by atoms with E-state index in [4.69, 9.17) is 5.73 Å². The molecule has 5 nitrogen and oxygen atoms in total. The highest BCUT2D eigenvalue weighted by Gasteiger charge is 2.38. The average molecular weight is 320 g/mol. The van der Waals surface area contributed by atoms with Crippen LogP contribution in [0.5, 0.6) is 0 Å². The second kappa shape index (κ2) is 6.07. The summed E-state index contributed by atoms with van der Waals surface area (Å²) in [5, 5.41) is 0. The first kappa shape index (κ1) is 17.5. The third-order valence-electron chi connectivity index (χ3n) is 2.91. The normalized spacial score (nSPS) is 15.0. The second-order valence-electron chi connectivity index (χ2n) is 5.45. The molecule has 0 saturated heterocycles. The van der Waals surface area contributed by atoms with Crippen molar-refractivity contribution in [1.82, 2.24) is 4.72 Å². The predicted molar refractivity (Wildman–Crippen MR) is 73.7 cm³/mol. The van der Waals surface area contributed by atoms with Crippen molar-refractivity contribution in [2.45, 2.75) is 37.6 Å². The number of benzene rings is 1. The Balaban J connectivity index is 3.28. The molecule has 21 heavy (non-hydrogen) atoms. The van der Waals surface area contributed by atoms with Crippen molar-refractivity contribution >= 4 is 15.9 Å². The van der Waals surface area contributed by atoms with Gasteiger partial charge in [-0.05, 0) is 31.4 Å². The van der Waals surface area contributed by atoms with Gasteiger partial charge >= 0.3 is 0 Å². The minimum Gasteiger partial charge on any atom is -0.368 e. The molecule has 3 N–H and O–H groups in total. The van der Waals surface area contributed by atoms with Gasteiger partial charge in [-0.1, -0.05) is 19.9 Å². The summed E-state index contributed by atoms with van der Waals surface area (Å²) in [5.74, 6) is -3.45. The molecule has 0 bridgehead atoms. The molecule has 0 fully saturated rings. The molecule has 0 radical (unpaired) electrons. The quantitative estimate of drug-likeness (QED) is 0.833. The van der Waals surface area contributed by atoms with Gasteiger partial charge in [0.15, 0.2) is 4.90 Å². The summed E-state index contributed by atoms with van der Waals surface area (Å²) in [6, 6.07) is 2.69. The Morgan fingerprint density at radius 1 is 1.33 bits per heavy atom. The van der Waals surface area contributed by atoms with E-state index in [0.29, 0.717) is 0 Å². The van der Waals surface area contributed by atoms with Crippen LogP contribution in [-0.4, -0.2) is 19.9 Å². The van der Waals surface area contributed by atoms with Crippen LogP contribution in [-0.2, 0) is 14.8 Å². The van der Waals surface area contributed by atoms with Gasteiger partial charge in [0.1, 0.15) is 17.2 Å². The molecule has 0 heterocycles. The highest BCUT2D eigenvalue weighted by atomic mass is 32.2. The minimum atomic E-state index is -4.57. The van der Waals surface area contributed by atoms with Crippen LogP contribution in [0.3, 0.4) is 0 Å². The molecule has 0 aromatic heterocycles. The van der Waals surface area contributed by atoms with Crippen molar-refractivity contribution in [2.75, 3.05) is 0 Å². The molecule has 118 valence electrons. The molecule has 0 spiro atoms. The van der Waals surface area contributed by atoms with Crippen LogP contribution in [0.1, 0.15) is 27.2 Å². The fourth-order valence-corrected chi connectivity index (χ4v) is 3.62. The van der Waals surface area contributed by atoms with Crippen molar-refractivity contribution in [3.8, 4) is 0 Å². The molecule has 1 atom stereocenters. The lowest BCUT2D eigenvalue weighted by Crippen LogP contribution is -2.56. The van der Waals surface area contributed by atoms with Crippen LogP contribution in [0.2, 0.25) is 0 Å². The van der Waals surface area contributed by atoms with E-state index in [2.05, 4.69) is 0 Å². The first-order valence-corrected chi connectivity index (χ1v) is 7.76. The number of hydrogen-bond donors (Lipinski definition) is 2. The van der Waals surface area contributed by atoms with E-state index in [1.165, 1.54) is 6.92 Å². The fourth-order valence-electron chi connectivity index (χ4n) is 2.10. The Morgan fingerprint density at radius 2 is 1.81 bits per heavy atom. The molecule has 1 aromatic carbocycles. The first-order chi connectivity index (χ1) is 9.49. The van der Waals surface area contributed by atoms with E-state index in [-0.39, 0.29) is 12.3 Å². The number of sulfonamides is 1. The smallest absolute Gasteiger partial charge is 0.247 e. The lowest BCUT2D eigenvalue weighted by atomic mass is 9.91. The van der Waals surface area contributed by atoms with Crippen molar-refractivity contribution in [2.24, 2.45) is 11.7 Å². The summed E-state index contributed by atoms with van der Waals surface area (Å²) in [7, 11) is -4.57. The summed E-state index contributed by atoms with van der Waals surface area (Å²) < 4.78 is 53.6. The fraction of sp³-hybridized carbons (Fsp3) is 0.462. The summed E-state index contributed by atoms with van der Waals surface area (Å²) in [4.78, 5) is 10.4. The average Bonchev–Trinajstić information content (AvgIpc) is 2.25. The molecule has 0 saturated carbocycles. The Kier molecular flexibility index (Phi) is 5.06. The van der Waals surface area contributed by atoms with E-state index in [0.717, 1.165) is 18.2 Å². The van der Waals surface area contributed by atoms with E-state index < -0.39 is 38.0 Å². The Labute approximate surface area is 122 Å². The number of nitrogens with two attached hydrogens (primary N) is 1. The Hall–Kier alpha value is -1.54. The van der Waals surface area contributed by atoms with Crippen molar-refractivity contribution in [3.63, 3.8) is 0 Å². The summed E-state index contributed by atoms with van der Waals surface area (Å²) >= 11 is 0. The van der Waals surface area contributed by atoms with Crippen LogP contribution in [0.4, 0.5) is 8.78 Å². The third-order valence-corrected chi connectivity index (χ3v) is 4.55. The maximum absolute atomic E-state index is 13.6. The van der Waals surface area contributed by atoms with Gasteiger partial charge in [0, 0.05) is 0 Å². The molecule has 1 aromatic rings. The van der Waals surface area contributed by atoms with Crippen LogP contribution in [0.25, 0.3) is 0 Å². The van der Waals surface area contributed by atoms with Gasteiger partial charge in [-0.3, -0.25) is 4.79 Å². The van der Waals surface area contributed by atoms with Crippen molar-refractivity contribution < 1.29 is 22.0 Å². The minimum absolute atomic E-state index is 0.0596. The van der Waals surface area contributed by atoms with E-state index in [1.807, 2.05) is 4.72 Å². The molecule has 1 amide bonds. The largest absolute Gasteiger partial charge is 0.368 e. The Bertz CT molecular complexity index is 627. The molecule has 8 heteroatoms. The molecular formula is C13H18F2N2O3S. The molecule has 0 aliphatic rings. The van der Waals surface area contributed by atoms with Gasteiger partial charge < -0.3 is 5.73 Å². The zero-order chi connectivity index (χ0) is 16.4. The highest BCUT2D eigenvalue weighted by molar-refractivity contribution is 7.89. The van der Waals surface area contributed by atoms with E-state index in [1.54, 1.807) is 13.8 Å². The SMILES string of the molecule is CC(C)C[C@](C)(NS(=O)(=O)c1c(F)cccc1F)C(N)=O. The number of hydrogen-bond acceptors (Lipinski definition) is 3. The van der Waals surface area contributed by atoms with Gasteiger partial charge in [-0.2, -0.15) is 4.72 Å². The number of primary amides is 1. The van der Waals surface area contributed by atoms with Gasteiger partial charge in [-0.25, -0.2) is 17.2 Å². The van der Waals surface area contributed by atoms with Crippen LogP contribution in [0, 0.1) is 17.6 Å². The summed E-state index contributed by atoms with van der Waals surface area (Å²) in [5.41, 5.74) is 3.59. The molecule has 1 rings (SSSR count). The number of nitrogens with one attached hydrogen (secondary N) is 1. The number of carbonyl (C=O) groups is 1. The number of carbonyl (C=O) groups excluding carboxylic acids is 1. The Morgan fingerprint density at radius 3 is 2.19 bits per heavy atom. The number of halogens is 2. The van der Waals surface area contributed by atoms with Gasteiger partial charge in [0.05, 0.1) is 0 Å². The zero-order valence-corrected chi connectivity index (χ0v) is 12.8. The first-order valence-electron chi connectivity index (χ1n) is 6.27. The van der Waals surface area contributed by atoms with E-state index >= 15 is 0 Å². The summed E-state index contributed by atoms with van der Waals surface area (Å²) in [6.07, 6.45) is 0.0949. The van der Waals surface area contributed by atoms with Gasteiger partial charge in [0.2, 0.25) is 15.9 Å². The second-order valence-corrected chi connectivity index (χ2v) is 7.07. The molecular weight excluding hydrogens is 302 g/mol.